The van der Waals surface area contributed by atoms with E-state index in [1.807, 2.05) is 6.07 Å². The van der Waals surface area contributed by atoms with Gasteiger partial charge in [0, 0.05) is 26.3 Å². The molecule has 1 saturated heterocycles. The van der Waals surface area contributed by atoms with E-state index in [1.54, 1.807) is 0 Å². The molecule has 2 aliphatic rings. The second kappa shape index (κ2) is 4.80. The summed E-state index contributed by atoms with van der Waals surface area (Å²) in [5.74, 6) is 0.773. The largest absolute Gasteiger partial charge is 0.355 e. The quantitative estimate of drug-likeness (QED) is 0.786. The Hall–Kier alpha value is -0.950. The first-order chi connectivity index (χ1) is 9.41. The van der Waals surface area contributed by atoms with Crippen LogP contribution in [0.2, 0.25) is 0 Å². The number of methoxy groups -OCH3 is 1. The number of ether oxygens (including phenoxy) is 1. The third-order valence-electron chi connectivity index (χ3n) is 3.87. The Bertz CT molecular complexity index is 557. The fraction of sp³-hybridized carbons (Fsp3) is 0.692. The number of rotatable bonds is 1. The summed E-state index contributed by atoms with van der Waals surface area (Å²) < 4.78 is 21.4. The molecule has 0 radical (unpaired) electrons. The number of amidine groups is 1. The van der Waals surface area contributed by atoms with Gasteiger partial charge in [0.2, 0.25) is 12.5 Å². The topological polar surface area (TPSA) is 42.6 Å². The molecule has 2 atom stereocenters. The maximum atomic E-state index is 14.3. The molecule has 2 unspecified atom stereocenters. The molecule has 110 valence electrons. The molecule has 1 fully saturated rings. The Balaban J connectivity index is 2.00. The molecule has 0 spiro atoms. The van der Waals surface area contributed by atoms with Gasteiger partial charge in [-0.15, -0.1) is 0 Å². The van der Waals surface area contributed by atoms with E-state index in [0.29, 0.717) is 10.3 Å². The van der Waals surface area contributed by atoms with Crippen molar-refractivity contribution in [3.63, 3.8) is 0 Å². The van der Waals surface area contributed by atoms with Crippen LogP contribution in [0, 0.1) is 5.41 Å². The lowest BCUT2D eigenvalue weighted by Gasteiger charge is -2.30. The van der Waals surface area contributed by atoms with Crippen LogP contribution in [-0.2, 0) is 4.74 Å². The minimum atomic E-state index is -1.39. The van der Waals surface area contributed by atoms with Crippen molar-refractivity contribution < 1.29 is 9.13 Å². The lowest BCUT2D eigenvalue weighted by atomic mass is 9.93. The fourth-order valence-electron chi connectivity index (χ4n) is 2.79. The van der Waals surface area contributed by atoms with Gasteiger partial charge >= 0.3 is 0 Å². The molecule has 7 heteroatoms. The number of fused-ring (bicyclic) bond motifs is 1. The second-order valence-electron chi connectivity index (χ2n) is 6.08. The Morgan fingerprint density at radius 3 is 2.85 bits per heavy atom. The lowest BCUT2D eigenvalue weighted by Crippen LogP contribution is -2.39. The van der Waals surface area contributed by atoms with Crippen LogP contribution < -0.4 is 0 Å². The number of hydrogen-bond donors (Lipinski definition) is 0. The molecular formula is C13H18BrFN4O. The van der Waals surface area contributed by atoms with Crippen LogP contribution in [0.1, 0.15) is 32.3 Å². The van der Waals surface area contributed by atoms with Crippen LogP contribution >= 0.6 is 15.9 Å². The van der Waals surface area contributed by atoms with Crippen LogP contribution in [0.4, 0.5) is 4.39 Å². The number of hydrogen-bond acceptors (Lipinski definition) is 4. The Kier molecular flexibility index (Phi) is 3.36. The van der Waals surface area contributed by atoms with Crippen molar-refractivity contribution >= 4 is 21.8 Å². The van der Waals surface area contributed by atoms with Crippen LogP contribution in [0.5, 0.6) is 0 Å². The van der Waals surface area contributed by atoms with Crippen molar-refractivity contribution in [2.75, 3.05) is 20.2 Å². The molecule has 0 amide bonds. The summed E-state index contributed by atoms with van der Waals surface area (Å²) in [5, 5.41) is 4.16. The van der Waals surface area contributed by atoms with Gasteiger partial charge in [-0.25, -0.2) is 14.1 Å². The maximum absolute atomic E-state index is 14.3. The molecule has 0 saturated carbocycles. The molecule has 1 aromatic heterocycles. The highest BCUT2D eigenvalue weighted by Crippen LogP contribution is 2.34. The molecule has 0 N–H and O–H groups in total. The molecule has 0 aromatic carbocycles. The van der Waals surface area contributed by atoms with Gasteiger partial charge in [-0.2, -0.15) is 5.10 Å². The zero-order valence-electron chi connectivity index (χ0n) is 11.8. The first kappa shape index (κ1) is 14.0. The van der Waals surface area contributed by atoms with E-state index in [-0.39, 0.29) is 5.41 Å². The van der Waals surface area contributed by atoms with E-state index in [0.717, 1.165) is 25.3 Å². The lowest BCUT2D eigenvalue weighted by molar-refractivity contribution is -0.00712. The maximum Gasteiger partial charge on any atom is 0.238 e. The summed E-state index contributed by atoms with van der Waals surface area (Å²) in [5.41, 5.74) is 0.954. The van der Waals surface area contributed by atoms with Gasteiger partial charge in [-0.3, -0.25) is 0 Å². The minimum Gasteiger partial charge on any atom is -0.355 e. The average Bonchev–Trinajstić information content (AvgIpc) is 2.93. The molecule has 3 rings (SSSR count). The number of likely N-dealkylation sites (tertiary alicyclic amines) is 1. The number of alkyl halides is 1. The molecule has 0 aliphatic carbocycles. The minimum absolute atomic E-state index is 0.250. The first-order valence-corrected chi connectivity index (χ1v) is 7.46. The normalized spacial score (nSPS) is 28.4. The van der Waals surface area contributed by atoms with Crippen molar-refractivity contribution in [1.82, 2.24) is 14.7 Å². The summed E-state index contributed by atoms with van der Waals surface area (Å²) in [7, 11) is 1.47. The average molecular weight is 345 g/mol. The smallest absolute Gasteiger partial charge is 0.238 e. The van der Waals surface area contributed by atoms with Gasteiger partial charge in [0.15, 0.2) is 5.84 Å². The molecule has 5 nitrogen and oxygen atoms in total. The highest BCUT2D eigenvalue weighted by atomic mass is 79.9. The van der Waals surface area contributed by atoms with E-state index >= 15 is 0 Å². The zero-order chi connectivity index (χ0) is 14.5. The van der Waals surface area contributed by atoms with Gasteiger partial charge in [0.25, 0.3) is 0 Å². The monoisotopic (exact) mass is 344 g/mol. The number of aromatic nitrogens is 2. The SMILES string of the molecule is COC1N=C(N2CCC(C)(C)C2)c2cc(Br)nn2C1F. The summed E-state index contributed by atoms with van der Waals surface area (Å²) in [6, 6.07) is 1.81. The molecule has 1 aromatic rings. The summed E-state index contributed by atoms with van der Waals surface area (Å²) >= 11 is 3.31. The van der Waals surface area contributed by atoms with E-state index in [9.17, 15) is 4.39 Å². The second-order valence-corrected chi connectivity index (χ2v) is 6.90. The van der Waals surface area contributed by atoms with Crippen LogP contribution in [0.15, 0.2) is 15.7 Å². The predicted octanol–water partition coefficient (Wildman–Crippen LogP) is 2.58. The molecule has 2 aliphatic heterocycles. The van der Waals surface area contributed by atoms with E-state index in [2.05, 4.69) is 44.8 Å². The van der Waals surface area contributed by atoms with Gasteiger partial charge in [0.1, 0.15) is 10.3 Å². The molecule has 3 heterocycles. The number of aliphatic imine (C=N–C) groups is 1. The van der Waals surface area contributed by atoms with Crippen molar-refractivity contribution in [2.24, 2.45) is 10.4 Å². The number of halogens is 2. The van der Waals surface area contributed by atoms with E-state index in [4.69, 9.17) is 4.74 Å². The summed E-state index contributed by atoms with van der Waals surface area (Å²) in [4.78, 5) is 6.64. The van der Waals surface area contributed by atoms with Gasteiger partial charge in [-0.05, 0) is 27.8 Å². The Labute approximate surface area is 125 Å². The van der Waals surface area contributed by atoms with Crippen molar-refractivity contribution in [3.05, 3.63) is 16.4 Å². The van der Waals surface area contributed by atoms with Crippen LogP contribution in [0.25, 0.3) is 0 Å². The van der Waals surface area contributed by atoms with Crippen LogP contribution in [-0.4, -0.2) is 46.9 Å². The van der Waals surface area contributed by atoms with Crippen LogP contribution in [0.3, 0.4) is 0 Å². The Morgan fingerprint density at radius 1 is 1.50 bits per heavy atom. The third-order valence-corrected chi connectivity index (χ3v) is 4.26. The van der Waals surface area contributed by atoms with Gasteiger partial charge < -0.3 is 9.64 Å². The number of nitrogens with zero attached hydrogens (tertiary/aromatic N) is 4. The summed E-state index contributed by atoms with van der Waals surface area (Å²) in [6.07, 6.45) is -1.13. The molecule has 0 bridgehead atoms. The van der Waals surface area contributed by atoms with Crippen molar-refractivity contribution in [2.45, 2.75) is 32.8 Å². The highest BCUT2D eigenvalue weighted by molar-refractivity contribution is 9.10. The summed E-state index contributed by atoms with van der Waals surface area (Å²) in [6.45, 7) is 6.29. The van der Waals surface area contributed by atoms with Gasteiger partial charge in [0.05, 0.1) is 0 Å². The highest BCUT2D eigenvalue weighted by Gasteiger charge is 2.38. The first-order valence-electron chi connectivity index (χ1n) is 6.66. The molecular weight excluding hydrogens is 327 g/mol. The predicted molar refractivity (Wildman–Crippen MR) is 77.4 cm³/mol. The fourth-order valence-corrected chi connectivity index (χ4v) is 3.18. The Morgan fingerprint density at radius 2 is 2.25 bits per heavy atom. The van der Waals surface area contributed by atoms with Gasteiger partial charge in [-0.1, -0.05) is 13.8 Å². The van der Waals surface area contributed by atoms with E-state index < -0.39 is 12.5 Å². The standard InChI is InChI=1S/C13H18BrFN4O/c1-13(2)4-5-18(7-13)11-8-6-9(14)17-19(8)10(15)12(16-11)20-3/h6,10,12H,4-5,7H2,1-3H3. The molecule has 20 heavy (non-hydrogen) atoms. The third kappa shape index (κ3) is 2.26. The van der Waals surface area contributed by atoms with E-state index in [1.165, 1.54) is 11.8 Å². The van der Waals surface area contributed by atoms with Crippen molar-refractivity contribution in [1.29, 1.82) is 0 Å². The zero-order valence-corrected chi connectivity index (χ0v) is 13.4. The van der Waals surface area contributed by atoms with Crippen molar-refractivity contribution in [3.8, 4) is 0 Å².